The van der Waals surface area contributed by atoms with Gasteiger partial charge in [0, 0.05) is 24.3 Å². The van der Waals surface area contributed by atoms with Crippen molar-refractivity contribution in [2.75, 3.05) is 6.54 Å². The number of carbonyl (C=O) groups is 2. The van der Waals surface area contributed by atoms with Crippen molar-refractivity contribution in [2.24, 2.45) is 0 Å². The third kappa shape index (κ3) is 4.05. The highest BCUT2D eigenvalue weighted by molar-refractivity contribution is 5.96. The van der Waals surface area contributed by atoms with E-state index in [1.807, 2.05) is 18.7 Å². The van der Waals surface area contributed by atoms with Gasteiger partial charge in [0.15, 0.2) is 0 Å². The van der Waals surface area contributed by atoms with E-state index in [-0.39, 0.29) is 17.6 Å². The predicted octanol–water partition coefficient (Wildman–Crippen LogP) is 2.82. The minimum atomic E-state index is -1.12. The van der Waals surface area contributed by atoms with Crippen molar-refractivity contribution in [3.63, 3.8) is 0 Å². The zero-order chi connectivity index (χ0) is 15.1. The first kappa shape index (κ1) is 16.1. The molecule has 0 spiro atoms. The summed E-state index contributed by atoms with van der Waals surface area (Å²) in [6.45, 7) is 6.81. The molecule has 1 rings (SSSR count). The van der Waals surface area contributed by atoms with Crippen LogP contribution in [-0.2, 0) is 0 Å². The highest BCUT2D eigenvalue weighted by atomic mass is 16.4. The topological polar surface area (TPSA) is 70.5 Å². The molecule has 0 aliphatic rings. The normalized spacial score (nSPS) is 11.9. The van der Waals surface area contributed by atoms with Gasteiger partial charge in [0.25, 0.3) is 5.91 Å². The molecule has 1 aromatic heterocycles. The number of aromatic nitrogens is 1. The Labute approximate surface area is 119 Å². The van der Waals surface area contributed by atoms with Crippen LogP contribution in [0.4, 0.5) is 0 Å². The third-order valence-electron chi connectivity index (χ3n) is 3.36. The van der Waals surface area contributed by atoms with Gasteiger partial charge in [-0.15, -0.1) is 0 Å². The van der Waals surface area contributed by atoms with E-state index in [1.165, 1.54) is 12.3 Å². The summed E-state index contributed by atoms with van der Waals surface area (Å²) in [6.07, 6.45) is 4.18. The van der Waals surface area contributed by atoms with Gasteiger partial charge in [-0.2, -0.15) is 0 Å². The lowest BCUT2D eigenvalue weighted by Crippen LogP contribution is -2.39. The molecule has 0 aliphatic heterocycles. The minimum Gasteiger partial charge on any atom is -0.477 e. The molecule has 1 N–H and O–H groups in total. The number of amides is 1. The number of carbonyl (C=O) groups excluding carboxylic acids is 1. The summed E-state index contributed by atoms with van der Waals surface area (Å²) in [4.78, 5) is 29.0. The van der Waals surface area contributed by atoms with Crippen molar-refractivity contribution in [3.8, 4) is 0 Å². The van der Waals surface area contributed by atoms with E-state index >= 15 is 0 Å². The average molecular weight is 278 g/mol. The molecule has 1 aromatic rings. The number of unbranched alkanes of at least 4 members (excludes halogenated alkanes) is 1. The Morgan fingerprint density at radius 2 is 2.10 bits per heavy atom. The maximum Gasteiger partial charge on any atom is 0.354 e. The largest absolute Gasteiger partial charge is 0.477 e. The highest BCUT2D eigenvalue weighted by Gasteiger charge is 2.21. The Morgan fingerprint density at radius 1 is 1.40 bits per heavy atom. The molecular formula is C15H22N2O3. The third-order valence-corrected chi connectivity index (χ3v) is 3.36. The van der Waals surface area contributed by atoms with Crippen molar-refractivity contribution in [1.82, 2.24) is 9.88 Å². The number of rotatable bonds is 7. The maximum atomic E-state index is 12.5. The molecule has 0 saturated carbocycles. The van der Waals surface area contributed by atoms with Gasteiger partial charge >= 0.3 is 5.97 Å². The lowest BCUT2D eigenvalue weighted by atomic mass is 10.1. The Kier molecular flexibility index (Phi) is 6.15. The van der Waals surface area contributed by atoms with Crippen LogP contribution in [-0.4, -0.2) is 39.5 Å². The van der Waals surface area contributed by atoms with Crippen LogP contribution in [0.3, 0.4) is 0 Å². The summed E-state index contributed by atoms with van der Waals surface area (Å²) in [5.41, 5.74) is 0.282. The molecule has 1 atom stereocenters. The molecule has 1 unspecified atom stereocenters. The Morgan fingerprint density at radius 3 is 2.65 bits per heavy atom. The van der Waals surface area contributed by atoms with Crippen LogP contribution in [0.1, 0.15) is 60.9 Å². The molecule has 0 aliphatic carbocycles. The maximum absolute atomic E-state index is 12.5. The molecule has 0 bridgehead atoms. The van der Waals surface area contributed by atoms with Crippen molar-refractivity contribution < 1.29 is 14.7 Å². The number of hydrogen-bond donors (Lipinski definition) is 1. The van der Waals surface area contributed by atoms with E-state index < -0.39 is 5.97 Å². The van der Waals surface area contributed by atoms with Crippen LogP contribution in [0, 0.1) is 0 Å². The molecule has 1 amide bonds. The van der Waals surface area contributed by atoms with Gasteiger partial charge < -0.3 is 10.0 Å². The van der Waals surface area contributed by atoms with Crippen molar-refractivity contribution in [3.05, 3.63) is 29.6 Å². The molecule has 0 saturated heterocycles. The van der Waals surface area contributed by atoms with Crippen molar-refractivity contribution >= 4 is 11.9 Å². The predicted molar refractivity (Wildman–Crippen MR) is 76.9 cm³/mol. The van der Waals surface area contributed by atoms with E-state index in [9.17, 15) is 9.59 Å². The van der Waals surface area contributed by atoms with Crippen LogP contribution in [0.25, 0.3) is 0 Å². The van der Waals surface area contributed by atoms with Crippen LogP contribution >= 0.6 is 0 Å². The van der Waals surface area contributed by atoms with Gasteiger partial charge in [0.05, 0.1) is 0 Å². The van der Waals surface area contributed by atoms with Crippen LogP contribution in [0.5, 0.6) is 0 Å². The van der Waals surface area contributed by atoms with E-state index in [2.05, 4.69) is 11.9 Å². The first-order valence-electron chi connectivity index (χ1n) is 7.01. The minimum absolute atomic E-state index is 0.101. The van der Waals surface area contributed by atoms with Crippen LogP contribution in [0.2, 0.25) is 0 Å². The molecule has 110 valence electrons. The van der Waals surface area contributed by atoms with Gasteiger partial charge in [-0.1, -0.05) is 20.3 Å². The second kappa shape index (κ2) is 7.62. The molecule has 0 radical (unpaired) electrons. The smallest absolute Gasteiger partial charge is 0.354 e. The van der Waals surface area contributed by atoms with Crippen molar-refractivity contribution in [2.45, 2.75) is 46.1 Å². The van der Waals surface area contributed by atoms with Crippen LogP contribution < -0.4 is 0 Å². The lowest BCUT2D eigenvalue weighted by molar-refractivity contribution is 0.0685. The Balaban J connectivity index is 2.98. The zero-order valence-corrected chi connectivity index (χ0v) is 12.3. The summed E-state index contributed by atoms with van der Waals surface area (Å²) in [5.74, 6) is -1.25. The number of hydrogen-bond acceptors (Lipinski definition) is 3. The zero-order valence-electron chi connectivity index (χ0n) is 12.3. The number of pyridine rings is 1. The molecule has 0 aromatic carbocycles. The standard InChI is InChI=1S/C15H22N2O3/c1-4-6-9-17(11(3)5-2)14(18)12-7-8-16-13(10-12)15(19)20/h7-8,10-11H,4-6,9H2,1-3H3,(H,19,20). The molecule has 1 heterocycles. The fourth-order valence-electron chi connectivity index (χ4n) is 1.92. The van der Waals surface area contributed by atoms with Gasteiger partial charge in [-0.3, -0.25) is 4.79 Å². The van der Waals surface area contributed by atoms with E-state index in [4.69, 9.17) is 5.11 Å². The Bertz CT molecular complexity index is 474. The van der Waals surface area contributed by atoms with Gasteiger partial charge in [-0.25, -0.2) is 9.78 Å². The van der Waals surface area contributed by atoms with E-state index in [0.717, 1.165) is 19.3 Å². The summed E-state index contributed by atoms with van der Waals surface area (Å²) < 4.78 is 0. The summed E-state index contributed by atoms with van der Waals surface area (Å²) >= 11 is 0. The lowest BCUT2D eigenvalue weighted by Gasteiger charge is -2.28. The summed E-state index contributed by atoms with van der Waals surface area (Å²) in [5, 5.41) is 8.94. The number of nitrogens with zero attached hydrogens (tertiary/aromatic N) is 2. The first-order valence-corrected chi connectivity index (χ1v) is 7.01. The summed E-state index contributed by atoms with van der Waals surface area (Å²) in [7, 11) is 0. The van der Waals surface area contributed by atoms with Gasteiger partial charge in [0.2, 0.25) is 0 Å². The quantitative estimate of drug-likeness (QED) is 0.832. The molecule has 5 nitrogen and oxygen atoms in total. The monoisotopic (exact) mass is 278 g/mol. The fraction of sp³-hybridized carbons (Fsp3) is 0.533. The van der Waals surface area contributed by atoms with Crippen molar-refractivity contribution in [1.29, 1.82) is 0 Å². The summed E-state index contributed by atoms with van der Waals surface area (Å²) in [6, 6.07) is 3.04. The van der Waals surface area contributed by atoms with E-state index in [1.54, 1.807) is 6.07 Å². The van der Waals surface area contributed by atoms with E-state index in [0.29, 0.717) is 12.1 Å². The average Bonchev–Trinajstić information content (AvgIpc) is 2.47. The molecule has 5 heteroatoms. The second-order valence-electron chi connectivity index (χ2n) is 4.84. The molecule has 0 fully saturated rings. The number of aromatic carboxylic acids is 1. The fourth-order valence-corrected chi connectivity index (χ4v) is 1.92. The van der Waals surface area contributed by atoms with Gasteiger partial charge in [-0.05, 0) is 31.9 Å². The second-order valence-corrected chi connectivity index (χ2v) is 4.84. The first-order chi connectivity index (χ1) is 9.51. The number of carboxylic acid groups (broad SMARTS) is 1. The molecular weight excluding hydrogens is 256 g/mol. The highest BCUT2D eigenvalue weighted by Crippen LogP contribution is 2.13. The van der Waals surface area contributed by atoms with Crippen LogP contribution in [0.15, 0.2) is 18.3 Å². The molecule has 20 heavy (non-hydrogen) atoms. The van der Waals surface area contributed by atoms with Gasteiger partial charge in [0.1, 0.15) is 5.69 Å². The SMILES string of the molecule is CCCCN(C(=O)c1ccnc(C(=O)O)c1)C(C)CC. The Hall–Kier alpha value is -1.91. The number of carboxylic acids is 1.